The zero-order chi connectivity index (χ0) is 20.7. The first kappa shape index (κ1) is 19.7. The van der Waals surface area contributed by atoms with Gasteiger partial charge in [0.15, 0.2) is 0 Å². The molecule has 0 radical (unpaired) electrons. The predicted octanol–water partition coefficient (Wildman–Crippen LogP) is 3.75. The number of piperazine rings is 1. The van der Waals surface area contributed by atoms with E-state index in [4.69, 9.17) is 4.74 Å². The highest BCUT2D eigenvalue weighted by molar-refractivity contribution is 5.94. The molecule has 0 unspecified atom stereocenters. The number of hydrogen-bond acceptors (Lipinski definition) is 3. The minimum Gasteiger partial charge on any atom is -0.490 e. The molecule has 5 fully saturated rings. The molecule has 0 spiro atoms. The van der Waals surface area contributed by atoms with E-state index >= 15 is 0 Å². The van der Waals surface area contributed by atoms with E-state index < -0.39 is 0 Å². The average molecular weight is 409 g/mol. The fourth-order valence-electron chi connectivity index (χ4n) is 6.85. The largest absolute Gasteiger partial charge is 0.490 e. The highest BCUT2D eigenvalue weighted by atomic mass is 16.5. The Kier molecular flexibility index (Phi) is 5.08. The van der Waals surface area contributed by atoms with Crippen molar-refractivity contribution in [3.8, 4) is 5.75 Å². The molecule has 5 aliphatic rings. The first-order valence-electron chi connectivity index (χ1n) is 11.5. The Hall–Kier alpha value is -2.30. The van der Waals surface area contributed by atoms with Crippen LogP contribution in [0.2, 0.25) is 0 Å². The summed E-state index contributed by atoms with van der Waals surface area (Å²) in [5.41, 5.74) is 0.587. The smallest absolute Gasteiger partial charge is 0.253 e. The van der Waals surface area contributed by atoms with E-state index in [-0.39, 0.29) is 11.3 Å². The molecular weight excluding hydrogens is 376 g/mol. The number of benzene rings is 1. The summed E-state index contributed by atoms with van der Waals surface area (Å²) in [5, 5.41) is 0. The molecule has 30 heavy (non-hydrogen) atoms. The summed E-state index contributed by atoms with van der Waals surface area (Å²) in [5.74, 6) is 3.49. The van der Waals surface area contributed by atoms with Gasteiger partial charge >= 0.3 is 0 Å². The molecule has 0 atom stereocenters. The molecule has 4 aliphatic carbocycles. The highest BCUT2D eigenvalue weighted by Gasteiger charge is 2.55. The third kappa shape index (κ3) is 3.52. The second-order valence-corrected chi connectivity index (χ2v) is 9.91. The van der Waals surface area contributed by atoms with Gasteiger partial charge in [0.05, 0.1) is 5.41 Å². The van der Waals surface area contributed by atoms with Crippen LogP contribution in [0.5, 0.6) is 5.75 Å². The van der Waals surface area contributed by atoms with Crippen LogP contribution in [-0.4, -0.2) is 54.4 Å². The van der Waals surface area contributed by atoms with Gasteiger partial charge in [0.1, 0.15) is 12.4 Å². The summed E-state index contributed by atoms with van der Waals surface area (Å²) in [6.07, 6.45) is 9.08. The number of carbonyl (C=O) groups excluding carboxylic acids is 2. The third-order valence-corrected chi connectivity index (χ3v) is 7.82. The van der Waals surface area contributed by atoms with Crippen molar-refractivity contribution in [2.45, 2.75) is 38.5 Å². The molecule has 4 bridgehead atoms. The molecule has 0 N–H and O–H groups in total. The maximum absolute atomic E-state index is 13.5. The number of rotatable bonds is 5. The molecule has 1 saturated heterocycles. The molecule has 4 saturated carbocycles. The Bertz CT molecular complexity index is 788. The second-order valence-electron chi connectivity index (χ2n) is 9.91. The Morgan fingerprint density at radius 2 is 1.47 bits per heavy atom. The van der Waals surface area contributed by atoms with Crippen molar-refractivity contribution < 1.29 is 14.3 Å². The lowest BCUT2D eigenvalue weighted by molar-refractivity contribution is -0.159. The first-order chi connectivity index (χ1) is 14.6. The van der Waals surface area contributed by atoms with Crippen molar-refractivity contribution >= 4 is 11.8 Å². The lowest BCUT2D eigenvalue weighted by Crippen LogP contribution is -2.58. The van der Waals surface area contributed by atoms with Crippen molar-refractivity contribution in [3.05, 3.63) is 42.5 Å². The average Bonchev–Trinajstić information content (AvgIpc) is 2.76. The first-order valence-corrected chi connectivity index (χ1v) is 11.5. The lowest BCUT2D eigenvalue weighted by atomic mass is 9.49. The standard InChI is InChI=1S/C25H32N2O3/c1-2-11-30-22-5-3-21(4-6-22)23(28)26-7-9-27(10-8-26)24(29)25-15-18-12-19(16-25)14-20(13-18)17-25/h2-6,18-20H,1,7-17H2. The van der Waals surface area contributed by atoms with Gasteiger partial charge in [-0.25, -0.2) is 0 Å². The van der Waals surface area contributed by atoms with Gasteiger partial charge in [-0.15, -0.1) is 0 Å². The minimum absolute atomic E-state index is 0.0344. The Labute approximate surface area is 179 Å². The van der Waals surface area contributed by atoms with Gasteiger partial charge in [0.25, 0.3) is 5.91 Å². The monoisotopic (exact) mass is 408 g/mol. The molecule has 5 nitrogen and oxygen atoms in total. The fraction of sp³-hybridized carbons (Fsp3) is 0.600. The van der Waals surface area contributed by atoms with Crippen molar-refractivity contribution in [2.75, 3.05) is 32.8 Å². The van der Waals surface area contributed by atoms with Crippen LogP contribution >= 0.6 is 0 Å². The van der Waals surface area contributed by atoms with Crippen LogP contribution in [0, 0.1) is 23.2 Å². The van der Waals surface area contributed by atoms with Crippen LogP contribution in [0.3, 0.4) is 0 Å². The number of carbonyl (C=O) groups is 2. The summed E-state index contributed by atoms with van der Waals surface area (Å²) in [6, 6.07) is 7.27. The van der Waals surface area contributed by atoms with E-state index in [2.05, 4.69) is 11.5 Å². The van der Waals surface area contributed by atoms with Crippen LogP contribution < -0.4 is 4.74 Å². The fourth-order valence-corrected chi connectivity index (χ4v) is 6.85. The quantitative estimate of drug-likeness (QED) is 0.697. The van der Waals surface area contributed by atoms with Gasteiger partial charge in [-0.3, -0.25) is 9.59 Å². The summed E-state index contributed by atoms with van der Waals surface area (Å²) in [6.45, 7) is 6.64. The van der Waals surface area contributed by atoms with E-state index in [0.717, 1.165) is 42.8 Å². The van der Waals surface area contributed by atoms with Crippen LogP contribution in [-0.2, 0) is 4.79 Å². The van der Waals surface area contributed by atoms with Crippen LogP contribution in [0.1, 0.15) is 48.9 Å². The number of amides is 2. The number of hydrogen-bond donors (Lipinski definition) is 0. The van der Waals surface area contributed by atoms with Crippen molar-refractivity contribution in [3.63, 3.8) is 0 Å². The van der Waals surface area contributed by atoms with Gasteiger partial charge in [0, 0.05) is 31.7 Å². The Morgan fingerprint density at radius 3 is 2.00 bits per heavy atom. The van der Waals surface area contributed by atoms with E-state index in [1.165, 1.54) is 19.3 Å². The van der Waals surface area contributed by atoms with Gasteiger partial charge in [-0.05, 0) is 80.5 Å². The van der Waals surface area contributed by atoms with Gasteiger partial charge in [0.2, 0.25) is 5.91 Å². The van der Waals surface area contributed by atoms with Crippen LogP contribution in [0.25, 0.3) is 0 Å². The molecule has 160 valence electrons. The summed E-state index contributed by atoms with van der Waals surface area (Å²) in [7, 11) is 0. The van der Waals surface area contributed by atoms with Crippen molar-refractivity contribution in [2.24, 2.45) is 23.2 Å². The SMILES string of the molecule is C=CCOc1ccc(C(=O)N2CCN(C(=O)C34CC5CC(CC(C5)C3)C4)CC2)cc1. The zero-order valence-corrected chi connectivity index (χ0v) is 17.7. The lowest BCUT2D eigenvalue weighted by Gasteiger charge is -2.57. The highest BCUT2D eigenvalue weighted by Crippen LogP contribution is 2.60. The molecule has 1 aromatic rings. The van der Waals surface area contributed by atoms with Crippen LogP contribution in [0.4, 0.5) is 0 Å². The second kappa shape index (κ2) is 7.75. The number of ether oxygens (including phenoxy) is 1. The molecule has 1 heterocycles. The van der Waals surface area contributed by atoms with Gasteiger partial charge < -0.3 is 14.5 Å². The van der Waals surface area contributed by atoms with Crippen molar-refractivity contribution in [1.29, 1.82) is 0 Å². The van der Waals surface area contributed by atoms with E-state index in [1.54, 1.807) is 6.08 Å². The molecule has 5 heteroatoms. The van der Waals surface area contributed by atoms with E-state index in [0.29, 0.717) is 44.3 Å². The van der Waals surface area contributed by atoms with Crippen LogP contribution in [0.15, 0.2) is 36.9 Å². The molecule has 1 aliphatic heterocycles. The van der Waals surface area contributed by atoms with E-state index in [1.807, 2.05) is 29.2 Å². The Balaban J connectivity index is 1.19. The molecule has 2 amide bonds. The van der Waals surface area contributed by atoms with Gasteiger partial charge in [-0.2, -0.15) is 0 Å². The molecular formula is C25H32N2O3. The van der Waals surface area contributed by atoms with Gasteiger partial charge in [-0.1, -0.05) is 12.7 Å². The zero-order valence-electron chi connectivity index (χ0n) is 17.7. The summed E-state index contributed by atoms with van der Waals surface area (Å²) in [4.78, 5) is 30.3. The Morgan fingerprint density at radius 1 is 0.933 bits per heavy atom. The summed E-state index contributed by atoms with van der Waals surface area (Å²) >= 11 is 0. The predicted molar refractivity (Wildman–Crippen MR) is 115 cm³/mol. The third-order valence-electron chi connectivity index (χ3n) is 7.82. The minimum atomic E-state index is -0.0812. The molecule has 0 aromatic heterocycles. The molecule has 6 rings (SSSR count). The molecule has 1 aromatic carbocycles. The maximum Gasteiger partial charge on any atom is 0.253 e. The number of nitrogens with zero attached hydrogens (tertiary/aromatic N) is 2. The van der Waals surface area contributed by atoms with Crippen molar-refractivity contribution in [1.82, 2.24) is 9.80 Å². The normalized spacial score (nSPS) is 32.2. The van der Waals surface area contributed by atoms with E-state index in [9.17, 15) is 9.59 Å². The topological polar surface area (TPSA) is 49.9 Å². The summed E-state index contributed by atoms with van der Waals surface area (Å²) < 4.78 is 5.49. The maximum atomic E-state index is 13.5.